The number of ether oxygens (including phenoxy) is 2. The van der Waals surface area contributed by atoms with E-state index in [0.717, 1.165) is 0 Å². The minimum absolute atomic E-state index is 0.311. The van der Waals surface area contributed by atoms with Crippen molar-refractivity contribution in [2.75, 3.05) is 13.7 Å². The molecule has 0 bridgehead atoms. The number of nitrogens with one attached hydrogen (secondary N) is 1. The molecule has 21 heavy (non-hydrogen) atoms. The summed E-state index contributed by atoms with van der Waals surface area (Å²) in [6.45, 7) is 8.05. The van der Waals surface area contributed by atoms with Crippen molar-refractivity contribution in [3.05, 3.63) is 24.0 Å². The number of hydrogen-bond donors (Lipinski definition) is 1. The molecule has 0 fully saturated rings. The van der Waals surface area contributed by atoms with Gasteiger partial charge in [-0.2, -0.15) is 0 Å². The second-order valence-corrected chi connectivity index (χ2v) is 5.81. The molecular formula is C15H24N2O4. The molecular weight excluding hydrogens is 272 g/mol. The lowest BCUT2D eigenvalue weighted by Crippen LogP contribution is -2.42. The van der Waals surface area contributed by atoms with Crippen molar-refractivity contribution in [3.63, 3.8) is 0 Å². The maximum Gasteiger partial charge on any atom is 0.328 e. The van der Waals surface area contributed by atoms with Crippen LogP contribution in [0.2, 0.25) is 0 Å². The van der Waals surface area contributed by atoms with Crippen molar-refractivity contribution in [1.82, 2.24) is 9.88 Å². The number of rotatable bonds is 6. The molecule has 0 aliphatic carbocycles. The molecule has 6 heteroatoms. The number of carbonyl (C=O) groups excluding carboxylic acids is 2. The summed E-state index contributed by atoms with van der Waals surface area (Å²) in [7, 11) is 1.60. The Balaban J connectivity index is 2.64. The number of amides is 1. The molecule has 1 N–H and O–H groups in total. The van der Waals surface area contributed by atoms with Crippen LogP contribution in [0.5, 0.6) is 0 Å². The van der Waals surface area contributed by atoms with E-state index in [0.29, 0.717) is 18.8 Å². The first-order valence-electron chi connectivity index (χ1n) is 6.92. The SMILES string of the molecule is COCCn1cccc1C(=O)N[C@@H](C)C(=O)OC(C)(C)C. The quantitative estimate of drug-likeness (QED) is 0.809. The first-order chi connectivity index (χ1) is 9.74. The number of methoxy groups -OCH3 is 1. The largest absolute Gasteiger partial charge is 0.458 e. The third-order valence-electron chi connectivity index (χ3n) is 2.71. The van der Waals surface area contributed by atoms with Gasteiger partial charge >= 0.3 is 5.97 Å². The van der Waals surface area contributed by atoms with Gasteiger partial charge in [0.2, 0.25) is 0 Å². The van der Waals surface area contributed by atoms with Crippen molar-refractivity contribution in [1.29, 1.82) is 0 Å². The first kappa shape index (κ1) is 17.2. The number of hydrogen-bond acceptors (Lipinski definition) is 4. The Labute approximate surface area is 125 Å². The van der Waals surface area contributed by atoms with Gasteiger partial charge in [0.05, 0.1) is 6.61 Å². The Morgan fingerprint density at radius 1 is 1.38 bits per heavy atom. The summed E-state index contributed by atoms with van der Waals surface area (Å²) in [5.74, 6) is -0.764. The Bertz CT molecular complexity index is 488. The fourth-order valence-electron chi connectivity index (χ4n) is 1.72. The molecule has 1 aromatic heterocycles. The zero-order chi connectivity index (χ0) is 16.0. The molecule has 0 unspecified atom stereocenters. The smallest absolute Gasteiger partial charge is 0.328 e. The summed E-state index contributed by atoms with van der Waals surface area (Å²) >= 11 is 0. The predicted octanol–water partition coefficient (Wildman–Crippen LogP) is 1.59. The van der Waals surface area contributed by atoms with Crippen LogP contribution in [0.4, 0.5) is 0 Å². The fraction of sp³-hybridized carbons (Fsp3) is 0.600. The normalized spacial score (nSPS) is 12.8. The maximum atomic E-state index is 12.2. The predicted molar refractivity (Wildman–Crippen MR) is 79.1 cm³/mol. The highest BCUT2D eigenvalue weighted by Crippen LogP contribution is 2.09. The molecule has 0 saturated heterocycles. The molecule has 0 aliphatic rings. The van der Waals surface area contributed by atoms with Gasteiger partial charge < -0.3 is 19.4 Å². The minimum atomic E-state index is -0.706. The third kappa shape index (κ3) is 5.59. The van der Waals surface area contributed by atoms with Gasteiger partial charge in [0.1, 0.15) is 17.3 Å². The second kappa shape index (κ2) is 7.26. The Morgan fingerprint density at radius 3 is 2.62 bits per heavy atom. The van der Waals surface area contributed by atoms with Gasteiger partial charge in [0.25, 0.3) is 5.91 Å². The van der Waals surface area contributed by atoms with Gasteiger partial charge in [-0.25, -0.2) is 4.79 Å². The van der Waals surface area contributed by atoms with Crippen molar-refractivity contribution in [3.8, 4) is 0 Å². The van der Waals surface area contributed by atoms with Crippen LogP contribution in [-0.2, 0) is 20.8 Å². The van der Waals surface area contributed by atoms with Gasteiger partial charge in [-0.15, -0.1) is 0 Å². The second-order valence-electron chi connectivity index (χ2n) is 5.81. The lowest BCUT2D eigenvalue weighted by molar-refractivity contribution is -0.156. The number of nitrogens with zero attached hydrogens (tertiary/aromatic N) is 1. The van der Waals surface area contributed by atoms with E-state index in [1.807, 2.05) is 0 Å². The monoisotopic (exact) mass is 296 g/mol. The van der Waals surface area contributed by atoms with E-state index in [1.54, 1.807) is 57.7 Å². The average Bonchev–Trinajstić information content (AvgIpc) is 2.82. The highest BCUT2D eigenvalue weighted by molar-refractivity contribution is 5.95. The van der Waals surface area contributed by atoms with Crippen LogP contribution in [0, 0.1) is 0 Å². The minimum Gasteiger partial charge on any atom is -0.458 e. The molecule has 6 nitrogen and oxygen atoms in total. The molecule has 1 aromatic rings. The summed E-state index contributed by atoms with van der Waals surface area (Å²) in [5, 5.41) is 2.65. The molecule has 0 saturated carbocycles. The standard InChI is InChI=1S/C15H24N2O4/c1-11(14(19)21-15(2,3)4)16-13(18)12-7-6-8-17(12)9-10-20-5/h6-8,11H,9-10H2,1-5H3,(H,16,18)/t11-/m0/s1. The molecule has 1 amide bonds. The van der Waals surface area contributed by atoms with E-state index in [9.17, 15) is 9.59 Å². The van der Waals surface area contributed by atoms with Crippen LogP contribution in [0.15, 0.2) is 18.3 Å². The maximum absolute atomic E-state index is 12.2. The van der Waals surface area contributed by atoms with Crippen LogP contribution in [-0.4, -0.2) is 41.8 Å². The number of esters is 1. The molecule has 1 atom stereocenters. The Hall–Kier alpha value is -1.82. The molecule has 0 radical (unpaired) electrons. The molecule has 1 heterocycles. The summed E-state index contributed by atoms with van der Waals surface area (Å²) in [5.41, 5.74) is -0.0863. The van der Waals surface area contributed by atoms with E-state index >= 15 is 0 Å². The lowest BCUT2D eigenvalue weighted by Gasteiger charge is -2.22. The summed E-state index contributed by atoms with van der Waals surface area (Å²) < 4.78 is 12.0. The van der Waals surface area contributed by atoms with Gasteiger partial charge in [-0.3, -0.25) is 4.79 Å². The number of carbonyl (C=O) groups is 2. The first-order valence-corrected chi connectivity index (χ1v) is 6.92. The highest BCUT2D eigenvalue weighted by atomic mass is 16.6. The highest BCUT2D eigenvalue weighted by Gasteiger charge is 2.24. The van der Waals surface area contributed by atoms with Gasteiger partial charge in [-0.1, -0.05) is 0 Å². The van der Waals surface area contributed by atoms with Crippen LogP contribution in [0.3, 0.4) is 0 Å². The lowest BCUT2D eigenvalue weighted by atomic mass is 10.2. The third-order valence-corrected chi connectivity index (χ3v) is 2.71. The van der Waals surface area contributed by atoms with Gasteiger partial charge in [0.15, 0.2) is 0 Å². The molecule has 0 aromatic carbocycles. The summed E-state index contributed by atoms with van der Waals surface area (Å²) in [6.07, 6.45) is 1.80. The average molecular weight is 296 g/mol. The van der Waals surface area contributed by atoms with Crippen molar-refractivity contribution >= 4 is 11.9 Å². The van der Waals surface area contributed by atoms with Gasteiger partial charge in [0, 0.05) is 19.9 Å². The van der Waals surface area contributed by atoms with Gasteiger partial charge in [-0.05, 0) is 39.8 Å². The van der Waals surface area contributed by atoms with E-state index < -0.39 is 17.6 Å². The zero-order valence-corrected chi connectivity index (χ0v) is 13.3. The van der Waals surface area contributed by atoms with E-state index in [2.05, 4.69) is 5.32 Å². The Kier molecular flexibility index (Phi) is 5.96. The summed E-state index contributed by atoms with van der Waals surface area (Å²) in [6, 6.07) is 2.78. The number of aromatic nitrogens is 1. The topological polar surface area (TPSA) is 69.6 Å². The van der Waals surface area contributed by atoms with E-state index in [4.69, 9.17) is 9.47 Å². The van der Waals surface area contributed by atoms with Crippen molar-refractivity contribution < 1.29 is 19.1 Å². The summed E-state index contributed by atoms with van der Waals surface area (Å²) in [4.78, 5) is 24.0. The van der Waals surface area contributed by atoms with Crippen molar-refractivity contribution in [2.24, 2.45) is 0 Å². The zero-order valence-electron chi connectivity index (χ0n) is 13.3. The van der Waals surface area contributed by atoms with E-state index in [1.165, 1.54) is 0 Å². The van der Waals surface area contributed by atoms with Crippen LogP contribution in [0.25, 0.3) is 0 Å². The van der Waals surface area contributed by atoms with E-state index in [-0.39, 0.29) is 5.91 Å². The fourth-order valence-corrected chi connectivity index (χ4v) is 1.72. The van der Waals surface area contributed by atoms with Crippen LogP contribution >= 0.6 is 0 Å². The molecule has 118 valence electrons. The van der Waals surface area contributed by atoms with Crippen LogP contribution in [0.1, 0.15) is 38.2 Å². The van der Waals surface area contributed by atoms with Crippen molar-refractivity contribution in [2.45, 2.75) is 45.9 Å². The molecule has 0 aliphatic heterocycles. The Morgan fingerprint density at radius 2 is 2.05 bits per heavy atom. The van der Waals surface area contributed by atoms with Crippen LogP contribution < -0.4 is 5.32 Å². The molecule has 1 rings (SSSR count). The molecule has 0 spiro atoms.